The maximum absolute atomic E-state index is 13.1. The summed E-state index contributed by atoms with van der Waals surface area (Å²) in [5.74, 6) is 0.915. The second kappa shape index (κ2) is 9.01. The Morgan fingerprint density at radius 2 is 1.83 bits per heavy atom. The van der Waals surface area contributed by atoms with Gasteiger partial charge in [-0.3, -0.25) is 14.2 Å². The molecule has 0 saturated carbocycles. The summed E-state index contributed by atoms with van der Waals surface area (Å²) in [6.45, 7) is 2.05. The van der Waals surface area contributed by atoms with Gasteiger partial charge in [0.15, 0.2) is 5.16 Å². The van der Waals surface area contributed by atoms with Crippen molar-refractivity contribution in [2.45, 2.75) is 36.7 Å². The van der Waals surface area contributed by atoms with Gasteiger partial charge < -0.3 is 4.90 Å². The Kier molecular flexibility index (Phi) is 6.21. The first-order valence-corrected chi connectivity index (χ1v) is 11.1. The highest BCUT2D eigenvalue weighted by atomic mass is 35.5. The van der Waals surface area contributed by atoms with E-state index in [0.717, 1.165) is 24.9 Å². The summed E-state index contributed by atoms with van der Waals surface area (Å²) in [5, 5.41) is 2.04. The smallest absolute Gasteiger partial charge is 0.262 e. The van der Waals surface area contributed by atoms with E-state index in [4.69, 9.17) is 16.6 Å². The molecule has 0 radical (unpaired) electrons. The lowest BCUT2D eigenvalue weighted by Crippen LogP contribution is -2.29. The number of carbonyl (C=O) groups is 1. The van der Waals surface area contributed by atoms with E-state index in [1.165, 1.54) is 0 Å². The molecular formula is C22H22ClN3O2S. The van der Waals surface area contributed by atoms with Crippen molar-refractivity contribution in [1.82, 2.24) is 14.5 Å². The minimum Gasteiger partial charge on any atom is -0.343 e. The number of rotatable bonds is 7. The van der Waals surface area contributed by atoms with Crippen LogP contribution in [0.4, 0.5) is 0 Å². The van der Waals surface area contributed by atoms with Crippen molar-refractivity contribution in [2.75, 3.05) is 13.1 Å². The van der Waals surface area contributed by atoms with Gasteiger partial charge in [0.1, 0.15) is 0 Å². The number of likely N-dealkylation sites (tertiary alicyclic amines) is 1. The molecule has 1 saturated heterocycles. The Morgan fingerprint density at radius 3 is 2.59 bits per heavy atom. The summed E-state index contributed by atoms with van der Waals surface area (Å²) in [6, 6.07) is 15.1. The summed E-state index contributed by atoms with van der Waals surface area (Å²) in [5.41, 5.74) is 1.81. The van der Waals surface area contributed by atoms with E-state index in [1.54, 1.807) is 16.3 Å². The summed E-state index contributed by atoms with van der Waals surface area (Å²) in [6.07, 6.45) is 2.30. The van der Waals surface area contributed by atoms with Crippen molar-refractivity contribution >= 4 is 40.2 Å². The molecular weight excluding hydrogens is 406 g/mol. The van der Waals surface area contributed by atoms with Gasteiger partial charge in [0.25, 0.3) is 5.56 Å². The second-order valence-corrected chi connectivity index (χ2v) is 8.50. The topological polar surface area (TPSA) is 55.2 Å². The van der Waals surface area contributed by atoms with E-state index < -0.39 is 0 Å². The largest absolute Gasteiger partial charge is 0.343 e. The van der Waals surface area contributed by atoms with Crippen molar-refractivity contribution in [3.63, 3.8) is 0 Å². The zero-order valence-electron chi connectivity index (χ0n) is 16.0. The van der Waals surface area contributed by atoms with Crippen LogP contribution in [0.1, 0.15) is 24.8 Å². The minimum atomic E-state index is -0.0260. The summed E-state index contributed by atoms with van der Waals surface area (Å²) in [7, 11) is 0. The highest BCUT2D eigenvalue weighted by molar-refractivity contribution is 7.98. The van der Waals surface area contributed by atoms with Crippen LogP contribution >= 0.6 is 23.4 Å². The molecule has 0 bridgehead atoms. The van der Waals surface area contributed by atoms with Crippen LogP contribution in [-0.2, 0) is 17.1 Å². The molecule has 2 heterocycles. The lowest BCUT2D eigenvalue weighted by atomic mass is 10.2. The number of hydrogen-bond donors (Lipinski definition) is 0. The average molecular weight is 428 g/mol. The van der Waals surface area contributed by atoms with E-state index in [9.17, 15) is 9.59 Å². The van der Waals surface area contributed by atoms with Crippen LogP contribution in [0, 0.1) is 0 Å². The maximum Gasteiger partial charge on any atom is 0.262 e. The third-order valence-corrected chi connectivity index (χ3v) is 6.39. The zero-order valence-corrected chi connectivity index (χ0v) is 17.6. The second-order valence-electron chi connectivity index (χ2n) is 7.12. The molecule has 1 aromatic heterocycles. The molecule has 0 N–H and O–H groups in total. The zero-order chi connectivity index (χ0) is 20.2. The predicted octanol–water partition coefficient (Wildman–Crippen LogP) is 4.35. The van der Waals surface area contributed by atoms with Crippen molar-refractivity contribution in [3.8, 4) is 0 Å². The fourth-order valence-corrected chi connectivity index (χ4v) is 4.65. The molecule has 7 heteroatoms. The third-order valence-electron chi connectivity index (χ3n) is 5.09. The number of aromatic nitrogens is 2. The Hall–Kier alpha value is -2.31. The molecule has 1 amide bonds. The fraction of sp³-hybridized carbons (Fsp3) is 0.318. The highest BCUT2D eigenvalue weighted by Gasteiger charge is 2.19. The van der Waals surface area contributed by atoms with Gasteiger partial charge in [-0.25, -0.2) is 4.98 Å². The number of para-hydroxylation sites is 1. The standard InChI is InChI=1S/C22H22ClN3O2S/c23-17-10-8-16(9-11-17)15-29-22-24-19-6-2-1-5-18(19)21(28)26(22)14-4-13-25-12-3-7-20(25)27/h1-2,5-6,8-11H,3-4,7,12-15H2. The molecule has 0 spiro atoms. The van der Waals surface area contributed by atoms with Crippen LogP contribution in [-0.4, -0.2) is 33.4 Å². The monoisotopic (exact) mass is 427 g/mol. The van der Waals surface area contributed by atoms with Crippen molar-refractivity contribution in [3.05, 3.63) is 69.5 Å². The first-order chi connectivity index (χ1) is 14.1. The molecule has 1 aliphatic heterocycles. The number of carbonyl (C=O) groups excluding carboxylic acids is 1. The van der Waals surface area contributed by atoms with Crippen LogP contribution in [0.25, 0.3) is 10.9 Å². The summed E-state index contributed by atoms with van der Waals surface area (Å²) >= 11 is 7.52. The molecule has 2 aromatic carbocycles. The van der Waals surface area contributed by atoms with Gasteiger partial charge in [-0.1, -0.05) is 47.6 Å². The molecule has 1 fully saturated rings. The van der Waals surface area contributed by atoms with Crippen LogP contribution in [0.5, 0.6) is 0 Å². The molecule has 0 atom stereocenters. The van der Waals surface area contributed by atoms with Crippen molar-refractivity contribution in [2.24, 2.45) is 0 Å². The van der Waals surface area contributed by atoms with E-state index >= 15 is 0 Å². The van der Waals surface area contributed by atoms with Gasteiger partial charge in [-0.15, -0.1) is 0 Å². The van der Waals surface area contributed by atoms with Crippen molar-refractivity contribution < 1.29 is 4.79 Å². The molecule has 150 valence electrons. The lowest BCUT2D eigenvalue weighted by molar-refractivity contribution is -0.127. The first-order valence-electron chi connectivity index (χ1n) is 9.76. The normalized spacial score (nSPS) is 14.1. The van der Waals surface area contributed by atoms with Crippen molar-refractivity contribution in [1.29, 1.82) is 0 Å². The number of hydrogen-bond acceptors (Lipinski definition) is 4. The van der Waals surface area contributed by atoms with E-state index in [1.807, 2.05) is 53.4 Å². The Balaban J connectivity index is 1.56. The van der Waals surface area contributed by atoms with Crippen LogP contribution < -0.4 is 5.56 Å². The maximum atomic E-state index is 13.1. The average Bonchev–Trinajstić information content (AvgIpc) is 3.14. The van der Waals surface area contributed by atoms with Gasteiger partial charge >= 0.3 is 0 Å². The number of halogens is 1. The molecule has 4 rings (SSSR count). The van der Waals surface area contributed by atoms with Gasteiger partial charge in [0, 0.05) is 36.8 Å². The SMILES string of the molecule is O=C1CCCN1CCCn1c(SCc2ccc(Cl)cc2)nc2ccccc2c1=O. The summed E-state index contributed by atoms with van der Waals surface area (Å²) < 4.78 is 1.75. The minimum absolute atomic E-state index is 0.0260. The number of nitrogens with zero attached hydrogens (tertiary/aromatic N) is 3. The van der Waals surface area contributed by atoms with Gasteiger partial charge in [0.2, 0.25) is 5.91 Å². The van der Waals surface area contributed by atoms with Crippen LogP contribution in [0.2, 0.25) is 5.02 Å². The number of amides is 1. The van der Waals surface area contributed by atoms with Gasteiger partial charge in [-0.05, 0) is 42.7 Å². The Bertz CT molecular complexity index is 1080. The Labute approximate surface area is 178 Å². The number of fused-ring (bicyclic) bond motifs is 1. The van der Waals surface area contributed by atoms with Gasteiger partial charge in [0.05, 0.1) is 10.9 Å². The predicted molar refractivity (Wildman–Crippen MR) is 117 cm³/mol. The van der Waals surface area contributed by atoms with Crippen LogP contribution in [0.3, 0.4) is 0 Å². The van der Waals surface area contributed by atoms with Crippen LogP contribution in [0.15, 0.2) is 58.5 Å². The third kappa shape index (κ3) is 4.65. The lowest BCUT2D eigenvalue weighted by Gasteiger charge is -2.17. The fourth-order valence-electron chi connectivity index (χ4n) is 3.54. The molecule has 1 aliphatic rings. The number of thioether (sulfide) groups is 1. The molecule has 0 unspecified atom stereocenters. The van der Waals surface area contributed by atoms with E-state index in [2.05, 4.69) is 0 Å². The van der Waals surface area contributed by atoms with Gasteiger partial charge in [-0.2, -0.15) is 0 Å². The van der Waals surface area contributed by atoms with E-state index in [-0.39, 0.29) is 11.5 Å². The highest BCUT2D eigenvalue weighted by Crippen LogP contribution is 2.23. The summed E-state index contributed by atoms with van der Waals surface area (Å²) in [4.78, 5) is 31.6. The number of benzene rings is 2. The quantitative estimate of drug-likeness (QED) is 0.415. The van der Waals surface area contributed by atoms with E-state index in [0.29, 0.717) is 46.3 Å². The molecule has 29 heavy (non-hydrogen) atoms. The Morgan fingerprint density at radius 1 is 1.03 bits per heavy atom. The molecule has 5 nitrogen and oxygen atoms in total. The molecule has 3 aromatic rings. The molecule has 0 aliphatic carbocycles. The first kappa shape index (κ1) is 20.0.